The molecule has 6 rings (SSSR count). The average Bonchev–Trinajstić information content (AvgIpc) is 3.13. The lowest BCUT2D eigenvalue weighted by Crippen LogP contribution is -2.01. The third kappa shape index (κ3) is 8.56. The summed E-state index contributed by atoms with van der Waals surface area (Å²) in [5, 5.41) is 0. The first-order chi connectivity index (χ1) is 23.5. The van der Waals surface area contributed by atoms with Crippen LogP contribution in [0.15, 0.2) is 165 Å². The van der Waals surface area contributed by atoms with Gasteiger partial charge in [0.15, 0.2) is 0 Å². The molecule has 0 amide bonds. The largest absolute Gasteiger partial charge is 0.497 e. The Morgan fingerprint density at radius 3 is 0.898 bits per heavy atom. The maximum Gasteiger partial charge on any atom is 0.206 e. The fourth-order valence-electron chi connectivity index (χ4n) is 4.78. The summed E-state index contributed by atoms with van der Waals surface area (Å²) in [7, 11) is -3.80. The third-order valence-corrected chi connectivity index (χ3v) is 11.3. The minimum absolute atomic E-state index is 0.235. The van der Waals surface area contributed by atoms with E-state index in [-0.39, 0.29) is 14.7 Å². The summed E-state index contributed by atoms with van der Waals surface area (Å²) in [6.07, 6.45) is 0. The maximum atomic E-state index is 12.8. The van der Waals surface area contributed by atoms with Gasteiger partial charge in [0.2, 0.25) is 19.7 Å². The molecule has 49 heavy (non-hydrogen) atoms. The number of hydrogen-bond donors (Lipinski definition) is 0. The summed E-state index contributed by atoms with van der Waals surface area (Å²) in [5.41, 5.74) is 4.19. The number of benzene rings is 6. The van der Waals surface area contributed by atoms with Gasteiger partial charge in [-0.2, -0.15) is 0 Å². The Kier molecular flexibility index (Phi) is 10.9. The molecular weight excluding hydrogens is 657 g/mol. The summed E-state index contributed by atoms with van der Waals surface area (Å²) < 4.78 is 66.2. The molecule has 6 aromatic carbocycles. The van der Waals surface area contributed by atoms with Crippen LogP contribution in [0.25, 0.3) is 11.1 Å². The summed E-state index contributed by atoms with van der Waals surface area (Å²) in [6.45, 7) is 3.84. The number of rotatable bonds is 9. The SMILES string of the molecule is COc1ccc(-c2ccc(Oc3ccc(S(=O)(=O)c4ccc(C)cc4)cc3)cc2)cc1.COc1ccc(S(=O)(=O)c2ccc(C)cc2)cc1. The molecule has 250 valence electrons. The molecule has 0 aromatic heterocycles. The lowest BCUT2D eigenvalue weighted by molar-refractivity contribution is 0.414. The van der Waals surface area contributed by atoms with Crippen molar-refractivity contribution in [2.45, 2.75) is 33.4 Å². The molecule has 0 N–H and O–H groups in total. The maximum absolute atomic E-state index is 12.8. The first kappa shape index (κ1) is 34.9. The van der Waals surface area contributed by atoms with E-state index in [1.807, 2.05) is 62.4 Å². The lowest BCUT2D eigenvalue weighted by atomic mass is 10.1. The van der Waals surface area contributed by atoms with Crippen molar-refractivity contribution in [2.75, 3.05) is 14.2 Å². The molecule has 0 spiro atoms. The van der Waals surface area contributed by atoms with E-state index in [0.29, 0.717) is 22.1 Å². The van der Waals surface area contributed by atoms with Crippen molar-refractivity contribution in [1.82, 2.24) is 0 Å². The topological polar surface area (TPSA) is 96.0 Å². The van der Waals surface area contributed by atoms with E-state index in [9.17, 15) is 16.8 Å². The quantitative estimate of drug-likeness (QED) is 0.149. The Morgan fingerprint density at radius 2 is 0.592 bits per heavy atom. The van der Waals surface area contributed by atoms with E-state index in [4.69, 9.17) is 14.2 Å². The molecule has 7 nitrogen and oxygen atoms in total. The molecule has 0 heterocycles. The van der Waals surface area contributed by atoms with Crippen LogP contribution >= 0.6 is 0 Å². The van der Waals surface area contributed by atoms with E-state index in [2.05, 4.69) is 0 Å². The zero-order valence-corrected chi connectivity index (χ0v) is 29.2. The van der Waals surface area contributed by atoms with Crippen LogP contribution in [-0.4, -0.2) is 31.1 Å². The molecule has 0 saturated carbocycles. The van der Waals surface area contributed by atoms with Gasteiger partial charge in [-0.15, -0.1) is 0 Å². The van der Waals surface area contributed by atoms with Crippen molar-refractivity contribution in [3.63, 3.8) is 0 Å². The van der Waals surface area contributed by atoms with Crippen LogP contribution in [0.4, 0.5) is 0 Å². The smallest absolute Gasteiger partial charge is 0.206 e. The Bertz CT molecular complexity index is 2190. The molecule has 0 bridgehead atoms. The molecule has 0 saturated heterocycles. The number of ether oxygens (including phenoxy) is 3. The highest BCUT2D eigenvalue weighted by molar-refractivity contribution is 7.91. The zero-order valence-electron chi connectivity index (χ0n) is 27.5. The summed E-state index contributed by atoms with van der Waals surface area (Å²) in [5.74, 6) is 2.70. The Balaban J connectivity index is 0.000000221. The molecule has 0 aliphatic carbocycles. The van der Waals surface area contributed by atoms with E-state index >= 15 is 0 Å². The molecule has 0 radical (unpaired) electrons. The van der Waals surface area contributed by atoms with Crippen molar-refractivity contribution in [3.05, 3.63) is 157 Å². The number of aryl methyl sites for hydroxylation is 2. The van der Waals surface area contributed by atoms with Gasteiger partial charge >= 0.3 is 0 Å². The van der Waals surface area contributed by atoms with Crippen LogP contribution in [0.3, 0.4) is 0 Å². The van der Waals surface area contributed by atoms with Crippen LogP contribution in [0, 0.1) is 13.8 Å². The second kappa shape index (κ2) is 15.2. The van der Waals surface area contributed by atoms with E-state index in [1.165, 1.54) is 0 Å². The molecule has 0 atom stereocenters. The van der Waals surface area contributed by atoms with E-state index < -0.39 is 19.7 Å². The Morgan fingerprint density at radius 1 is 0.347 bits per heavy atom. The van der Waals surface area contributed by atoms with Gasteiger partial charge in [0.25, 0.3) is 0 Å². The van der Waals surface area contributed by atoms with Crippen molar-refractivity contribution in [1.29, 1.82) is 0 Å². The number of sulfone groups is 2. The van der Waals surface area contributed by atoms with E-state index in [1.54, 1.807) is 111 Å². The monoisotopic (exact) mass is 692 g/mol. The molecular formula is C40H36O7S2. The molecule has 6 aromatic rings. The number of methoxy groups -OCH3 is 2. The van der Waals surface area contributed by atoms with Crippen molar-refractivity contribution < 1.29 is 31.0 Å². The normalized spacial score (nSPS) is 11.2. The Hall–Kier alpha value is -5.38. The van der Waals surface area contributed by atoms with Gasteiger partial charge in [0, 0.05) is 0 Å². The van der Waals surface area contributed by atoms with Crippen LogP contribution in [-0.2, 0) is 19.7 Å². The minimum atomic E-state index is -3.55. The third-order valence-electron chi connectivity index (χ3n) is 7.68. The standard InChI is InChI=1S/C26H22O4S.C14H14O3S/c1-19-3-15-25(16-4-19)31(27,28)26-17-13-24(14-18-26)30-23-11-7-21(8-12-23)20-5-9-22(29-2)10-6-20;1-11-3-7-13(8-4-11)18(15,16)14-9-5-12(17-2)6-10-14/h3-18H,1-2H3;3-10H,1-2H3. The average molecular weight is 693 g/mol. The van der Waals surface area contributed by atoms with Gasteiger partial charge in [-0.05, 0) is 122 Å². The first-order valence-electron chi connectivity index (χ1n) is 15.3. The van der Waals surface area contributed by atoms with Gasteiger partial charge in [-0.1, -0.05) is 59.7 Å². The zero-order chi connectivity index (χ0) is 35.0. The van der Waals surface area contributed by atoms with Crippen molar-refractivity contribution >= 4 is 19.7 Å². The van der Waals surface area contributed by atoms with Gasteiger partial charge < -0.3 is 14.2 Å². The van der Waals surface area contributed by atoms with Gasteiger partial charge in [-0.3, -0.25) is 0 Å². The molecule has 0 unspecified atom stereocenters. The fourth-order valence-corrected chi connectivity index (χ4v) is 7.31. The molecule has 0 aliphatic rings. The van der Waals surface area contributed by atoms with Crippen LogP contribution in [0.5, 0.6) is 23.0 Å². The molecule has 9 heteroatoms. The van der Waals surface area contributed by atoms with Crippen LogP contribution in [0.1, 0.15) is 11.1 Å². The second-order valence-electron chi connectivity index (χ2n) is 11.1. The molecule has 0 aliphatic heterocycles. The van der Waals surface area contributed by atoms with Crippen molar-refractivity contribution in [3.8, 4) is 34.1 Å². The van der Waals surface area contributed by atoms with Crippen molar-refractivity contribution in [2.24, 2.45) is 0 Å². The lowest BCUT2D eigenvalue weighted by Gasteiger charge is -2.09. The summed E-state index contributed by atoms with van der Waals surface area (Å²) in [6, 6.07) is 42.1. The van der Waals surface area contributed by atoms with Gasteiger partial charge in [0.1, 0.15) is 23.0 Å². The van der Waals surface area contributed by atoms with Gasteiger partial charge in [0.05, 0.1) is 33.8 Å². The first-order valence-corrected chi connectivity index (χ1v) is 18.3. The number of hydrogen-bond acceptors (Lipinski definition) is 7. The Labute approximate surface area is 288 Å². The van der Waals surface area contributed by atoms with Crippen LogP contribution in [0.2, 0.25) is 0 Å². The highest BCUT2D eigenvalue weighted by Gasteiger charge is 2.18. The highest BCUT2D eigenvalue weighted by Crippen LogP contribution is 2.29. The van der Waals surface area contributed by atoms with E-state index in [0.717, 1.165) is 28.0 Å². The summed E-state index contributed by atoms with van der Waals surface area (Å²) >= 11 is 0. The highest BCUT2D eigenvalue weighted by atomic mass is 32.2. The summed E-state index contributed by atoms with van der Waals surface area (Å²) in [4.78, 5) is 1.09. The predicted octanol–water partition coefficient (Wildman–Crippen LogP) is 9.13. The second-order valence-corrected chi connectivity index (χ2v) is 15.0. The predicted molar refractivity (Wildman–Crippen MR) is 191 cm³/mol. The molecule has 0 fully saturated rings. The minimum Gasteiger partial charge on any atom is -0.497 e. The fraction of sp³-hybridized carbons (Fsp3) is 0.100. The van der Waals surface area contributed by atoms with Crippen LogP contribution < -0.4 is 14.2 Å². The van der Waals surface area contributed by atoms with Gasteiger partial charge in [-0.25, -0.2) is 16.8 Å².